The molecule has 1 atom stereocenters. The summed E-state index contributed by atoms with van der Waals surface area (Å²) in [6, 6.07) is 4.53. The topological polar surface area (TPSA) is 68.1 Å². The normalized spacial score (nSPS) is 15.9. The number of carbonyl (C=O) groups is 1. The summed E-state index contributed by atoms with van der Waals surface area (Å²) in [7, 11) is 1.61. The minimum Gasteiger partial charge on any atom is -0.331 e. The monoisotopic (exact) mass is 426 g/mol. The van der Waals surface area contributed by atoms with Crippen molar-refractivity contribution in [2.45, 2.75) is 40.2 Å². The van der Waals surface area contributed by atoms with E-state index in [-0.39, 0.29) is 23.3 Å². The first-order valence-corrected chi connectivity index (χ1v) is 10.6. The molecule has 156 valence electrons. The van der Waals surface area contributed by atoms with Crippen LogP contribution in [0.3, 0.4) is 0 Å². The van der Waals surface area contributed by atoms with Crippen LogP contribution < -0.4 is 5.56 Å². The molecule has 3 aromatic rings. The fourth-order valence-corrected chi connectivity index (χ4v) is 5.11. The lowest BCUT2D eigenvalue weighted by Crippen LogP contribution is -2.38. The zero-order valence-corrected chi connectivity index (χ0v) is 18.4. The molecule has 1 aliphatic heterocycles. The number of fused-ring (bicyclic) bond motifs is 1. The van der Waals surface area contributed by atoms with E-state index in [1.807, 2.05) is 20.8 Å². The van der Waals surface area contributed by atoms with Crippen LogP contribution in [-0.2, 0) is 13.5 Å². The highest BCUT2D eigenvalue weighted by molar-refractivity contribution is 7.17. The van der Waals surface area contributed by atoms with Crippen molar-refractivity contribution in [2.75, 3.05) is 6.54 Å². The van der Waals surface area contributed by atoms with Crippen LogP contribution in [0.4, 0.5) is 4.39 Å². The maximum absolute atomic E-state index is 13.8. The number of aryl methyl sites for hydroxylation is 3. The lowest BCUT2D eigenvalue weighted by Gasteiger charge is -2.35. The van der Waals surface area contributed by atoms with Crippen molar-refractivity contribution in [3.8, 4) is 10.6 Å². The van der Waals surface area contributed by atoms with E-state index in [0.717, 1.165) is 22.4 Å². The third-order valence-electron chi connectivity index (χ3n) is 5.84. The van der Waals surface area contributed by atoms with E-state index in [0.29, 0.717) is 34.1 Å². The third-order valence-corrected chi connectivity index (χ3v) is 7.00. The van der Waals surface area contributed by atoms with Gasteiger partial charge < -0.3 is 4.90 Å². The molecule has 1 unspecified atom stereocenters. The average Bonchev–Trinajstić information content (AvgIpc) is 3.08. The molecule has 1 aliphatic rings. The molecule has 1 aromatic carbocycles. The predicted octanol–water partition coefficient (Wildman–Crippen LogP) is 3.73. The molecule has 0 radical (unpaired) electrons. The van der Waals surface area contributed by atoms with Gasteiger partial charge in [0.05, 0.1) is 23.0 Å². The number of rotatable bonds is 2. The van der Waals surface area contributed by atoms with Gasteiger partial charge in [-0.3, -0.25) is 9.59 Å². The van der Waals surface area contributed by atoms with Crippen molar-refractivity contribution >= 4 is 17.2 Å². The lowest BCUT2D eigenvalue weighted by molar-refractivity contribution is 0.0681. The van der Waals surface area contributed by atoms with Crippen LogP contribution in [0.1, 0.15) is 50.7 Å². The van der Waals surface area contributed by atoms with Crippen molar-refractivity contribution < 1.29 is 9.18 Å². The quantitative estimate of drug-likeness (QED) is 0.626. The summed E-state index contributed by atoms with van der Waals surface area (Å²) in [5.74, 6) is -0.440. The van der Waals surface area contributed by atoms with Gasteiger partial charge in [-0.2, -0.15) is 5.10 Å². The van der Waals surface area contributed by atoms with Gasteiger partial charge in [-0.05, 0) is 62.9 Å². The van der Waals surface area contributed by atoms with Crippen LogP contribution >= 0.6 is 11.3 Å². The van der Waals surface area contributed by atoms with Crippen molar-refractivity contribution in [1.82, 2.24) is 19.7 Å². The summed E-state index contributed by atoms with van der Waals surface area (Å²) in [6.07, 6.45) is 0.680. The largest absolute Gasteiger partial charge is 0.331 e. The SMILES string of the molecule is Cc1nc(-c2c(C)c(C)nn(C)c2=O)sc1C(=O)N1CCc2ccc(F)cc2C1C. The van der Waals surface area contributed by atoms with Crippen LogP contribution in [0.2, 0.25) is 0 Å². The Morgan fingerprint density at radius 3 is 2.70 bits per heavy atom. The van der Waals surface area contributed by atoms with Gasteiger partial charge in [-0.15, -0.1) is 11.3 Å². The number of nitrogens with zero attached hydrogens (tertiary/aromatic N) is 4. The molecule has 8 heteroatoms. The van der Waals surface area contributed by atoms with Crippen molar-refractivity contribution in [3.05, 3.63) is 67.3 Å². The van der Waals surface area contributed by atoms with E-state index in [2.05, 4.69) is 10.1 Å². The van der Waals surface area contributed by atoms with Crippen molar-refractivity contribution in [2.24, 2.45) is 7.05 Å². The van der Waals surface area contributed by atoms with Gasteiger partial charge in [-0.25, -0.2) is 14.1 Å². The Morgan fingerprint density at radius 2 is 1.97 bits per heavy atom. The highest BCUT2D eigenvalue weighted by atomic mass is 32.1. The molecule has 0 spiro atoms. The first kappa shape index (κ1) is 20.4. The van der Waals surface area contributed by atoms with Gasteiger partial charge in [0, 0.05) is 13.6 Å². The number of thiazole rings is 1. The minimum atomic E-state index is -0.300. The molecule has 4 rings (SSSR count). The van der Waals surface area contributed by atoms with E-state index < -0.39 is 0 Å². The zero-order valence-electron chi connectivity index (χ0n) is 17.6. The van der Waals surface area contributed by atoms with E-state index in [9.17, 15) is 14.0 Å². The second kappa shape index (κ2) is 7.43. The number of amides is 1. The molecular weight excluding hydrogens is 403 g/mol. The van der Waals surface area contributed by atoms with Crippen LogP contribution in [0.15, 0.2) is 23.0 Å². The minimum absolute atomic E-state index is 0.140. The summed E-state index contributed by atoms with van der Waals surface area (Å²) >= 11 is 1.23. The Bertz CT molecular complexity index is 1230. The van der Waals surface area contributed by atoms with Gasteiger partial charge in [-0.1, -0.05) is 6.07 Å². The molecule has 0 N–H and O–H groups in total. The highest BCUT2D eigenvalue weighted by Gasteiger charge is 2.31. The molecule has 3 heterocycles. The first-order chi connectivity index (χ1) is 14.2. The fraction of sp³-hybridized carbons (Fsp3) is 0.364. The van der Waals surface area contributed by atoms with Crippen LogP contribution in [0, 0.1) is 26.6 Å². The summed E-state index contributed by atoms with van der Waals surface area (Å²) < 4.78 is 15.1. The number of halogens is 1. The van der Waals surface area contributed by atoms with Crippen molar-refractivity contribution in [3.63, 3.8) is 0 Å². The summed E-state index contributed by atoms with van der Waals surface area (Å²) in [5.41, 5.74) is 4.26. The molecule has 6 nitrogen and oxygen atoms in total. The van der Waals surface area contributed by atoms with Gasteiger partial charge in [0.25, 0.3) is 11.5 Å². The molecule has 0 bridgehead atoms. The second-order valence-electron chi connectivity index (χ2n) is 7.72. The Hall–Kier alpha value is -2.87. The molecule has 2 aromatic heterocycles. The Kier molecular flexibility index (Phi) is 5.05. The number of hydrogen-bond donors (Lipinski definition) is 0. The van der Waals surface area contributed by atoms with Crippen LogP contribution in [-0.4, -0.2) is 32.1 Å². The van der Waals surface area contributed by atoms with Gasteiger partial charge in [0.15, 0.2) is 0 Å². The molecule has 0 saturated carbocycles. The van der Waals surface area contributed by atoms with Gasteiger partial charge in [0.2, 0.25) is 0 Å². The molecule has 30 heavy (non-hydrogen) atoms. The molecule has 1 amide bonds. The molecule has 0 fully saturated rings. The zero-order chi connectivity index (χ0) is 21.7. The number of carbonyl (C=O) groups excluding carboxylic acids is 1. The first-order valence-electron chi connectivity index (χ1n) is 9.80. The van der Waals surface area contributed by atoms with E-state index in [4.69, 9.17) is 0 Å². The fourth-order valence-electron chi connectivity index (χ4n) is 3.99. The lowest BCUT2D eigenvalue weighted by atomic mass is 9.93. The Balaban J connectivity index is 1.73. The predicted molar refractivity (Wildman–Crippen MR) is 114 cm³/mol. The number of benzene rings is 1. The number of aromatic nitrogens is 3. The molecule has 0 saturated heterocycles. The van der Waals surface area contributed by atoms with Gasteiger partial charge >= 0.3 is 0 Å². The highest BCUT2D eigenvalue weighted by Crippen LogP contribution is 2.34. The van der Waals surface area contributed by atoms with Gasteiger partial charge in [0.1, 0.15) is 15.7 Å². The Labute approximate surface area is 178 Å². The summed E-state index contributed by atoms with van der Waals surface area (Å²) in [6.45, 7) is 7.94. The third kappa shape index (κ3) is 3.25. The second-order valence-corrected chi connectivity index (χ2v) is 8.71. The van der Waals surface area contributed by atoms with Crippen LogP contribution in [0.5, 0.6) is 0 Å². The van der Waals surface area contributed by atoms with E-state index in [1.54, 1.807) is 24.9 Å². The maximum atomic E-state index is 13.8. The smallest absolute Gasteiger partial charge is 0.277 e. The summed E-state index contributed by atoms with van der Waals surface area (Å²) in [4.78, 5) is 32.9. The van der Waals surface area contributed by atoms with E-state index >= 15 is 0 Å². The van der Waals surface area contributed by atoms with Crippen LogP contribution in [0.25, 0.3) is 10.6 Å². The summed E-state index contributed by atoms with van der Waals surface area (Å²) in [5, 5.41) is 4.73. The van der Waals surface area contributed by atoms with E-state index in [1.165, 1.54) is 28.2 Å². The molecule has 0 aliphatic carbocycles. The average molecular weight is 427 g/mol. The molecular formula is C22H23FN4O2S. The standard InChI is InChI=1S/C22H23FN4O2S/c1-11-12(2)25-26(5)21(28)18(11)20-24-13(3)19(30-20)22(29)27-9-8-15-6-7-16(23)10-17(15)14(27)4/h6-7,10,14H,8-9H2,1-5H3. The maximum Gasteiger partial charge on any atom is 0.277 e. The Morgan fingerprint density at radius 1 is 1.23 bits per heavy atom. The number of hydrogen-bond acceptors (Lipinski definition) is 5. The van der Waals surface area contributed by atoms with Crippen molar-refractivity contribution in [1.29, 1.82) is 0 Å².